The fourth-order valence-corrected chi connectivity index (χ4v) is 2.38. The zero-order valence-electron chi connectivity index (χ0n) is 14.4. The summed E-state index contributed by atoms with van der Waals surface area (Å²) in [6, 6.07) is 13.4. The first-order valence-electron chi connectivity index (χ1n) is 8.06. The standard InChI is InChI=1S/C20H23NO3/c1-14-9-10-18(12-15(14)2)20(23)21-19-8-4-6-17(13-19)7-5-11-24-16(3)22/h4,6,8-10,12-13H,5,7,11H2,1-3H3,(H,21,23). The Kier molecular flexibility index (Phi) is 6.13. The molecule has 0 radical (unpaired) electrons. The maximum atomic E-state index is 12.4. The van der Waals surface area contributed by atoms with Crippen molar-refractivity contribution in [3.8, 4) is 0 Å². The number of carbonyl (C=O) groups excluding carboxylic acids is 2. The van der Waals surface area contributed by atoms with E-state index in [9.17, 15) is 9.59 Å². The maximum Gasteiger partial charge on any atom is 0.302 e. The average Bonchev–Trinajstić information content (AvgIpc) is 2.54. The topological polar surface area (TPSA) is 55.4 Å². The highest BCUT2D eigenvalue weighted by Gasteiger charge is 2.07. The molecule has 0 heterocycles. The summed E-state index contributed by atoms with van der Waals surface area (Å²) in [6.07, 6.45) is 1.55. The molecule has 4 heteroatoms. The van der Waals surface area contributed by atoms with Gasteiger partial charge in [0.05, 0.1) is 6.61 Å². The second-order valence-corrected chi connectivity index (χ2v) is 5.90. The van der Waals surface area contributed by atoms with E-state index in [1.807, 2.05) is 56.3 Å². The number of hydrogen-bond donors (Lipinski definition) is 1. The first kappa shape index (κ1) is 17.7. The van der Waals surface area contributed by atoms with Gasteiger partial charge in [-0.2, -0.15) is 0 Å². The van der Waals surface area contributed by atoms with Gasteiger partial charge in [0, 0.05) is 18.2 Å². The summed E-state index contributed by atoms with van der Waals surface area (Å²) in [5.41, 5.74) is 4.78. The predicted molar refractivity (Wildman–Crippen MR) is 95.3 cm³/mol. The van der Waals surface area contributed by atoms with Gasteiger partial charge in [0.1, 0.15) is 0 Å². The summed E-state index contributed by atoms with van der Waals surface area (Å²) in [5.74, 6) is -0.375. The Bertz CT molecular complexity index is 737. The molecule has 2 aromatic carbocycles. The van der Waals surface area contributed by atoms with E-state index >= 15 is 0 Å². The normalized spacial score (nSPS) is 10.3. The Morgan fingerprint density at radius 1 is 1.04 bits per heavy atom. The number of carbonyl (C=O) groups is 2. The smallest absolute Gasteiger partial charge is 0.302 e. The molecule has 0 bridgehead atoms. The lowest BCUT2D eigenvalue weighted by Crippen LogP contribution is -2.12. The summed E-state index contributed by atoms with van der Waals surface area (Å²) >= 11 is 0. The van der Waals surface area contributed by atoms with E-state index in [1.54, 1.807) is 0 Å². The van der Waals surface area contributed by atoms with Gasteiger partial charge >= 0.3 is 5.97 Å². The maximum absolute atomic E-state index is 12.4. The number of aryl methyl sites for hydroxylation is 3. The molecule has 0 saturated heterocycles. The second-order valence-electron chi connectivity index (χ2n) is 5.90. The van der Waals surface area contributed by atoms with Crippen LogP contribution in [-0.2, 0) is 16.0 Å². The van der Waals surface area contributed by atoms with Gasteiger partial charge < -0.3 is 10.1 Å². The molecule has 0 aromatic heterocycles. The van der Waals surface area contributed by atoms with E-state index < -0.39 is 0 Å². The third-order valence-corrected chi connectivity index (χ3v) is 3.87. The van der Waals surface area contributed by atoms with Crippen molar-refractivity contribution in [3.63, 3.8) is 0 Å². The van der Waals surface area contributed by atoms with Crippen LogP contribution in [0.2, 0.25) is 0 Å². The Labute approximate surface area is 142 Å². The largest absolute Gasteiger partial charge is 0.466 e. The molecule has 0 fully saturated rings. The molecule has 0 aliphatic heterocycles. The van der Waals surface area contributed by atoms with Crippen molar-refractivity contribution in [1.82, 2.24) is 0 Å². The number of benzene rings is 2. The van der Waals surface area contributed by atoms with Crippen LogP contribution in [0.25, 0.3) is 0 Å². The molecule has 0 unspecified atom stereocenters. The molecule has 2 rings (SSSR count). The van der Waals surface area contributed by atoms with Gasteiger partial charge in [0.15, 0.2) is 0 Å². The highest BCUT2D eigenvalue weighted by atomic mass is 16.5. The zero-order valence-corrected chi connectivity index (χ0v) is 14.4. The SMILES string of the molecule is CC(=O)OCCCc1cccc(NC(=O)c2ccc(C)c(C)c2)c1. The Hall–Kier alpha value is -2.62. The van der Waals surface area contributed by atoms with E-state index in [-0.39, 0.29) is 11.9 Å². The fourth-order valence-electron chi connectivity index (χ4n) is 2.38. The van der Waals surface area contributed by atoms with Crippen molar-refractivity contribution in [1.29, 1.82) is 0 Å². The van der Waals surface area contributed by atoms with Crippen molar-refractivity contribution in [2.75, 3.05) is 11.9 Å². The molecule has 0 atom stereocenters. The summed E-state index contributed by atoms with van der Waals surface area (Å²) in [5, 5.41) is 2.93. The van der Waals surface area contributed by atoms with Crippen LogP contribution >= 0.6 is 0 Å². The van der Waals surface area contributed by atoms with Crippen LogP contribution in [0.15, 0.2) is 42.5 Å². The van der Waals surface area contributed by atoms with Gasteiger partial charge in [-0.1, -0.05) is 18.2 Å². The monoisotopic (exact) mass is 325 g/mol. The lowest BCUT2D eigenvalue weighted by molar-refractivity contribution is -0.141. The number of hydrogen-bond acceptors (Lipinski definition) is 3. The van der Waals surface area contributed by atoms with Crippen molar-refractivity contribution < 1.29 is 14.3 Å². The minimum absolute atomic E-state index is 0.116. The minimum Gasteiger partial charge on any atom is -0.466 e. The Morgan fingerprint density at radius 3 is 2.54 bits per heavy atom. The number of ether oxygens (including phenoxy) is 1. The zero-order chi connectivity index (χ0) is 17.5. The number of rotatable bonds is 6. The van der Waals surface area contributed by atoms with E-state index in [0.717, 1.165) is 29.7 Å². The highest BCUT2D eigenvalue weighted by Crippen LogP contribution is 2.15. The van der Waals surface area contributed by atoms with E-state index in [2.05, 4.69) is 5.32 Å². The van der Waals surface area contributed by atoms with Gasteiger partial charge in [-0.25, -0.2) is 0 Å². The molecular formula is C20H23NO3. The van der Waals surface area contributed by atoms with Crippen LogP contribution in [0.3, 0.4) is 0 Å². The molecule has 0 saturated carbocycles. The summed E-state index contributed by atoms with van der Waals surface area (Å²) in [7, 11) is 0. The van der Waals surface area contributed by atoms with E-state index in [1.165, 1.54) is 12.5 Å². The molecule has 126 valence electrons. The first-order valence-corrected chi connectivity index (χ1v) is 8.06. The van der Waals surface area contributed by atoms with Crippen LogP contribution in [0, 0.1) is 13.8 Å². The average molecular weight is 325 g/mol. The fraction of sp³-hybridized carbons (Fsp3) is 0.300. The van der Waals surface area contributed by atoms with Crippen LogP contribution in [0.1, 0.15) is 40.4 Å². The third kappa shape index (κ3) is 5.23. The first-order chi connectivity index (χ1) is 11.5. The van der Waals surface area contributed by atoms with Gasteiger partial charge in [0.25, 0.3) is 5.91 Å². The number of esters is 1. The molecule has 24 heavy (non-hydrogen) atoms. The summed E-state index contributed by atoms with van der Waals surface area (Å²) in [4.78, 5) is 23.1. The number of amides is 1. The highest BCUT2D eigenvalue weighted by molar-refractivity contribution is 6.04. The van der Waals surface area contributed by atoms with Crippen LogP contribution in [0.5, 0.6) is 0 Å². The minimum atomic E-state index is -0.260. The number of nitrogens with one attached hydrogen (secondary N) is 1. The van der Waals surface area contributed by atoms with Crippen LogP contribution < -0.4 is 5.32 Å². The quantitative estimate of drug-likeness (QED) is 0.644. The Morgan fingerprint density at radius 2 is 1.83 bits per heavy atom. The molecular weight excluding hydrogens is 302 g/mol. The summed E-state index contributed by atoms with van der Waals surface area (Å²) < 4.78 is 4.93. The second kappa shape index (κ2) is 8.29. The lowest BCUT2D eigenvalue weighted by atomic mass is 10.1. The third-order valence-electron chi connectivity index (χ3n) is 3.87. The van der Waals surface area contributed by atoms with E-state index in [0.29, 0.717) is 12.2 Å². The van der Waals surface area contributed by atoms with Gasteiger partial charge in [-0.15, -0.1) is 0 Å². The molecule has 0 aliphatic rings. The molecule has 4 nitrogen and oxygen atoms in total. The molecule has 0 aliphatic carbocycles. The van der Waals surface area contributed by atoms with Gasteiger partial charge in [0.2, 0.25) is 0 Å². The molecule has 1 amide bonds. The lowest BCUT2D eigenvalue weighted by Gasteiger charge is -2.09. The van der Waals surface area contributed by atoms with Crippen LogP contribution in [0.4, 0.5) is 5.69 Å². The van der Waals surface area contributed by atoms with Crippen LogP contribution in [-0.4, -0.2) is 18.5 Å². The van der Waals surface area contributed by atoms with E-state index in [4.69, 9.17) is 4.74 Å². The summed E-state index contributed by atoms with van der Waals surface area (Å²) in [6.45, 7) is 5.84. The molecule has 0 spiro atoms. The van der Waals surface area contributed by atoms with Gasteiger partial charge in [-0.05, 0) is 67.6 Å². The van der Waals surface area contributed by atoms with Crippen molar-refractivity contribution in [2.45, 2.75) is 33.6 Å². The van der Waals surface area contributed by atoms with Gasteiger partial charge in [-0.3, -0.25) is 9.59 Å². The number of anilines is 1. The molecule has 2 aromatic rings. The van der Waals surface area contributed by atoms with Crippen molar-refractivity contribution in [2.24, 2.45) is 0 Å². The van der Waals surface area contributed by atoms with Crippen molar-refractivity contribution in [3.05, 3.63) is 64.7 Å². The predicted octanol–water partition coefficient (Wildman–Crippen LogP) is 4.05. The molecule has 1 N–H and O–H groups in total. The Balaban J connectivity index is 1.96. The van der Waals surface area contributed by atoms with Crippen molar-refractivity contribution >= 4 is 17.6 Å².